The average molecular weight is 527 g/mol. The van der Waals surface area contributed by atoms with Gasteiger partial charge >= 0.3 is 0 Å². The number of aryl methyl sites for hydroxylation is 1. The van der Waals surface area contributed by atoms with Crippen molar-refractivity contribution in [3.05, 3.63) is 112 Å². The molecule has 2 aromatic heterocycles. The maximum absolute atomic E-state index is 13.5. The number of benzene rings is 3. The number of nitrogens with zero attached hydrogens (tertiary/aromatic N) is 6. The Labute approximate surface area is 222 Å². The number of nitrogen functional groups attached to an aromatic ring is 1. The van der Waals surface area contributed by atoms with Crippen molar-refractivity contribution in [2.24, 2.45) is 0 Å². The lowest BCUT2D eigenvalue weighted by Gasteiger charge is -2.20. The smallest absolute Gasteiger partial charge is 0.254 e. The van der Waals surface area contributed by atoms with E-state index in [0.717, 1.165) is 11.1 Å². The topological polar surface area (TPSA) is 134 Å². The highest BCUT2D eigenvalue weighted by molar-refractivity contribution is 6.31. The number of nitrogens with one attached hydrogen (secondary N) is 1. The second-order valence-corrected chi connectivity index (χ2v) is 9.16. The summed E-state index contributed by atoms with van der Waals surface area (Å²) in [6.45, 7) is 1.91. The Morgan fingerprint density at radius 2 is 1.87 bits per heavy atom. The van der Waals surface area contributed by atoms with Crippen LogP contribution >= 0.6 is 11.6 Å². The maximum Gasteiger partial charge on any atom is 0.254 e. The molecule has 0 aliphatic carbocycles. The highest BCUT2D eigenvalue weighted by Gasteiger charge is 2.24. The zero-order chi connectivity index (χ0) is 26.6. The minimum absolute atomic E-state index is 0.270. The second-order valence-electron chi connectivity index (χ2n) is 8.72. The van der Waals surface area contributed by atoms with Crippen LogP contribution < -0.4 is 16.6 Å². The Hall–Kier alpha value is -4.83. The molecule has 0 fully saturated rings. The SMILES string of the molecule is Cc1ccc(NC(=O)C(Cc2ccccc2)n2cnc(-c3cc(Cl)ccc3-n3cnnn3)cc2=O)c(N)c1. The molecule has 190 valence electrons. The Balaban J connectivity index is 1.53. The van der Waals surface area contributed by atoms with E-state index in [1.54, 1.807) is 30.3 Å². The van der Waals surface area contributed by atoms with Gasteiger partial charge in [0.15, 0.2) is 0 Å². The van der Waals surface area contributed by atoms with Gasteiger partial charge in [-0.15, -0.1) is 5.10 Å². The van der Waals surface area contributed by atoms with Crippen LogP contribution in [0, 0.1) is 6.92 Å². The standard InChI is InChI=1S/C27H23ClN8O2/c1-17-7-9-22(21(29)11-17)32-27(38)25(12-18-5-3-2-4-6-18)35-15-30-23(14-26(35)37)20-13-19(28)8-10-24(20)36-16-31-33-34-36/h2-11,13-16,25H,12,29H2,1H3,(H,32,38). The van der Waals surface area contributed by atoms with Crippen LogP contribution in [0.4, 0.5) is 11.4 Å². The number of carbonyl (C=O) groups is 1. The lowest BCUT2D eigenvalue weighted by Crippen LogP contribution is -2.35. The van der Waals surface area contributed by atoms with Gasteiger partial charge in [0, 0.05) is 23.1 Å². The molecular formula is C27H23ClN8O2. The highest BCUT2D eigenvalue weighted by Crippen LogP contribution is 2.28. The monoisotopic (exact) mass is 526 g/mol. The fraction of sp³-hybridized carbons (Fsp3) is 0.111. The van der Waals surface area contributed by atoms with Crippen LogP contribution in [0.2, 0.25) is 5.02 Å². The van der Waals surface area contributed by atoms with E-state index in [4.69, 9.17) is 17.3 Å². The summed E-state index contributed by atoms with van der Waals surface area (Å²) in [5.74, 6) is -0.391. The van der Waals surface area contributed by atoms with Crippen LogP contribution in [0.25, 0.3) is 16.9 Å². The third kappa shape index (κ3) is 5.30. The van der Waals surface area contributed by atoms with Gasteiger partial charge in [-0.05, 0) is 58.8 Å². The summed E-state index contributed by atoms with van der Waals surface area (Å²) < 4.78 is 2.77. The molecule has 5 rings (SSSR count). The van der Waals surface area contributed by atoms with E-state index in [0.29, 0.717) is 33.3 Å². The van der Waals surface area contributed by atoms with Gasteiger partial charge < -0.3 is 11.1 Å². The first-order valence-corrected chi connectivity index (χ1v) is 12.1. The number of amides is 1. The van der Waals surface area contributed by atoms with E-state index >= 15 is 0 Å². The van der Waals surface area contributed by atoms with Gasteiger partial charge in [-0.3, -0.25) is 14.2 Å². The van der Waals surface area contributed by atoms with Gasteiger partial charge in [0.1, 0.15) is 12.4 Å². The van der Waals surface area contributed by atoms with Crippen LogP contribution in [0.15, 0.2) is 90.2 Å². The first-order valence-electron chi connectivity index (χ1n) is 11.7. The molecule has 11 heteroatoms. The summed E-state index contributed by atoms with van der Waals surface area (Å²) in [7, 11) is 0. The Kier molecular flexibility index (Phi) is 6.96. The number of carbonyl (C=O) groups excluding carboxylic acids is 1. The zero-order valence-electron chi connectivity index (χ0n) is 20.3. The van der Waals surface area contributed by atoms with E-state index in [1.807, 2.05) is 43.3 Å². The molecule has 3 N–H and O–H groups in total. The van der Waals surface area contributed by atoms with Crippen molar-refractivity contribution in [2.45, 2.75) is 19.4 Å². The quantitative estimate of drug-likeness (QED) is 0.308. The third-order valence-corrected chi connectivity index (χ3v) is 6.28. The van der Waals surface area contributed by atoms with Crippen LogP contribution in [0.1, 0.15) is 17.2 Å². The summed E-state index contributed by atoms with van der Waals surface area (Å²) in [5.41, 5.74) is 9.99. The fourth-order valence-electron chi connectivity index (χ4n) is 4.14. The number of halogens is 1. The van der Waals surface area contributed by atoms with Crippen molar-refractivity contribution in [2.75, 3.05) is 11.1 Å². The molecule has 1 unspecified atom stereocenters. The van der Waals surface area contributed by atoms with Crippen molar-refractivity contribution >= 4 is 28.9 Å². The molecule has 2 heterocycles. The van der Waals surface area contributed by atoms with Crippen molar-refractivity contribution in [3.8, 4) is 16.9 Å². The minimum Gasteiger partial charge on any atom is -0.397 e. The molecule has 38 heavy (non-hydrogen) atoms. The van der Waals surface area contributed by atoms with E-state index in [2.05, 4.69) is 25.8 Å². The highest BCUT2D eigenvalue weighted by atomic mass is 35.5. The minimum atomic E-state index is -0.884. The fourth-order valence-corrected chi connectivity index (χ4v) is 4.32. The lowest BCUT2D eigenvalue weighted by molar-refractivity contribution is -0.119. The third-order valence-electron chi connectivity index (χ3n) is 6.04. The van der Waals surface area contributed by atoms with E-state index in [-0.39, 0.29) is 6.42 Å². The maximum atomic E-state index is 13.5. The molecule has 0 bridgehead atoms. The van der Waals surface area contributed by atoms with Crippen molar-refractivity contribution in [3.63, 3.8) is 0 Å². The number of rotatable bonds is 7. The molecule has 0 aliphatic rings. The first kappa shape index (κ1) is 24.8. The normalized spacial score (nSPS) is 11.7. The number of anilines is 2. The van der Waals surface area contributed by atoms with Crippen molar-refractivity contribution in [1.29, 1.82) is 0 Å². The first-order chi connectivity index (χ1) is 18.4. The van der Waals surface area contributed by atoms with Gasteiger partial charge in [-0.1, -0.05) is 48.0 Å². The van der Waals surface area contributed by atoms with Gasteiger partial charge in [0.05, 0.1) is 29.1 Å². The van der Waals surface area contributed by atoms with Crippen LogP contribution in [0.5, 0.6) is 0 Å². The number of tetrazole rings is 1. The molecule has 0 radical (unpaired) electrons. The second kappa shape index (κ2) is 10.7. The summed E-state index contributed by atoms with van der Waals surface area (Å²) in [6.07, 6.45) is 3.07. The number of aromatic nitrogens is 6. The molecule has 0 saturated heterocycles. The number of hydrogen-bond donors (Lipinski definition) is 2. The predicted molar refractivity (Wildman–Crippen MR) is 145 cm³/mol. The van der Waals surface area contributed by atoms with Crippen LogP contribution in [-0.4, -0.2) is 35.7 Å². The van der Waals surface area contributed by atoms with Gasteiger partial charge in [-0.25, -0.2) is 4.98 Å². The van der Waals surface area contributed by atoms with E-state index in [1.165, 1.54) is 28.0 Å². The summed E-state index contributed by atoms with van der Waals surface area (Å²) in [5, 5.41) is 14.6. The Bertz CT molecular complexity index is 1650. The number of nitrogens with two attached hydrogens (primary N) is 1. The predicted octanol–water partition coefficient (Wildman–Crippen LogP) is 3.85. The van der Waals surface area contributed by atoms with Crippen molar-refractivity contribution in [1.82, 2.24) is 29.8 Å². The molecule has 1 atom stereocenters. The Morgan fingerprint density at radius 1 is 1.05 bits per heavy atom. The molecular weight excluding hydrogens is 504 g/mol. The van der Waals surface area contributed by atoms with Crippen LogP contribution in [0.3, 0.4) is 0 Å². The van der Waals surface area contributed by atoms with Gasteiger partial charge in [0.2, 0.25) is 5.91 Å². The lowest BCUT2D eigenvalue weighted by atomic mass is 10.0. The largest absolute Gasteiger partial charge is 0.397 e. The van der Waals surface area contributed by atoms with Crippen molar-refractivity contribution < 1.29 is 4.79 Å². The number of hydrogen-bond acceptors (Lipinski definition) is 7. The summed E-state index contributed by atoms with van der Waals surface area (Å²) >= 11 is 6.25. The Morgan fingerprint density at radius 3 is 2.58 bits per heavy atom. The molecule has 1 amide bonds. The molecule has 3 aromatic carbocycles. The molecule has 0 spiro atoms. The molecule has 10 nitrogen and oxygen atoms in total. The molecule has 0 aliphatic heterocycles. The average Bonchev–Trinajstić information content (AvgIpc) is 3.44. The van der Waals surface area contributed by atoms with Crippen LogP contribution in [-0.2, 0) is 11.2 Å². The van der Waals surface area contributed by atoms with Gasteiger partial charge in [0.25, 0.3) is 5.56 Å². The van der Waals surface area contributed by atoms with E-state index < -0.39 is 17.5 Å². The molecule has 0 saturated carbocycles. The van der Waals surface area contributed by atoms with E-state index in [9.17, 15) is 9.59 Å². The van der Waals surface area contributed by atoms with Gasteiger partial charge in [-0.2, -0.15) is 4.68 Å². The molecule has 5 aromatic rings. The zero-order valence-corrected chi connectivity index (χ0v) is 21.1. The summed E-state index contributed by atoms with van der Waals surface area (Å²) in [4.78, 5) is 31.5. The summed E-state index contributed by atoms with van der Waals surface area (Å²) in [6, 6.07) is 20.4.